The molecule has 0 radical (unpaired) electrons. The summed E-state index contributed by atoms with van der Waals surface area (Å²) in [6, 6.07) is 21.2. The van der Waals surface area contributed by atoms with Crippen LogP contribution in [0, 0.1) is 27.7 Å². The molecule has 2 aromatic carbocycles. The number of pyridine rings is 2. The van der Waals surface area contributed by atoms with E-state index in [0.717, 1.165) is 11.6 Å². The standard InChI is InChI=1S/C44H37F3N10O6/c1-22-14-24(3)49-37(15-22)52-43(62)36-19-48-40-31(18-34(54-56(36)40)26-8-7-9-28(17-26)63-21-27(59)20-58)29-12-13-33(51-41(29)60)42(61)53-39-25(4)50-38-23(2)16-35(55-57(38)39)30-10-5-6-11-32(30)44(45,46)47/h5-19,27,58-59H,20-21H2,1-4H3,(H,51,60)(H,53,61)(H,49,52,62)/t27-/m1/s1. The second-order valence-corrected chi connectivity index (χ2v) is 14.7. The van der Waals surface area contributed by atoms with Crippen LogP contribution in [0.1, 0.15) is 49.1 Å². The molecule has 0 aliphatic rings. The van der Waals surface area contributed by atoms with Crippen molar-refractivity contribution >= 4 is 34.7 Å². The number of amides is 2. The van der Waals surface area contributed by atoms with Crippen molar-refractivity contribution in [2.45, 2.75) is 40.0 Å². The number of nitrogens with zero attached hydrogens (tertiary/aromatic N) is 8. The first-order valence-corrected chi connectivity index (χ1v) is 19.3. The molecule has 8 aromatic rings. The summed E-state index contributed by atoms with van der Waals surface area (Å²) >= 11 is 0. The van der Waals surface area contributed by atoms with Crippen molar-refractivity contribution < 1.29 is 42.8 Å². The number of anilines is 2. The molecule has 0 spiro atoms. The maximum Gasteiger partial charge on any atom is 0.417 e. The van der Waals surface area contributed by atoms with Crippen LogP contribution < -0.4 is 15.4 Å². The molecule has 320 valence electrons. The van der Waals surface area contributed by atoms with Gasteiger partial charge in [0.05, 0.1) is 35.4 Å². The molecule has 0 aliphatic carbocycles. The summed E-state index contributed by atoms with van der Waals surface area (Å²) in [7, 11) is 0. The van der Waals surface area contributed by atoms with E-state index in [1.165, 1.54) is 51.6 Å². The van der Waals surface area contributed by atoms with E-state index in [1.54, 1.807) is 57.2 Å². The highest BCUT2D eigenvalue weighted by Crippen LogP contribution is 2.38. The molecule has 16 nitrogen and oxygen atoms in total. The molecule has 0 saturated carbocycles. The summed E-state index contributed by atoms with van der Waals surface area (Å²) in [4.78, 5) is 45.1. The number of carbonyl (C=O) groups excluding carboxylic acids is 2. The smallest absolute Gasteiger partial charge is 0.417 e. The number of aliphatic hydroxyl groups is 2. The lowest BCUT2D eigenvalue weighted by molar-refractivity contribution is -0.137. The van der Waals surface area contributed by atoms with Gasteiger partial charge in [0.2, 0.25) is 5.88 Å². The van der Waals surface area contributed by atoms with Crippen LogP contribution in [0.15, 0.2) is 91.1 Å². The summed E-state index contributed by atoms with van der Waals surface area (Å²) in [6.45, 7) is 6.26. The fourth-order valence-corrected chi connectivity index (χ4v) is 7.00. The first-order valence-electron chi connectivity index (χ1n) is 19.3. The Morgan fingerprint density at radius 2 is 1.57 bits per heavy atom. The first-order chi connectivity index (χ1) is 30.1. The van der Waals surface area contributed by atoms with Crippen LogP contribution in [0.4, 0.5) is 24.8 Å². The van der Waals surface area contributed by atoms with Crippen molar-refractivity contribution in [3.05, 3.63) is 131 Å². The number of alkyl halides is 3. The van der Waals surface area contributed by atoms with E-state index in [-0.39, 0.29) is 51.8 Å². The van der Waals surface area contributed by atoms with Gasteiger partial charge in [0.25, 0.3) is 11.8 Å². The van der Waals surface area contributed by atoms with Crippen molar-refractivity contribution in [1.29, 1.82) is 0 Å². The van der Waals surface area contributed by atoms with Gasteiger partial charge in [-0.15, -0.1) is 0 Å². The Balaban J connectivity index is 1.16. The SMILES string of the molecule is Cc1cc(C)nc(NC(=O)c2cnc3c(-c4ccc(C(=O)Nc5c(C)nc6c(C)cc(-c7ccccc7C(F)(F)F)nn56)nc4O)cc(-c4cccc(OC[C@H](O)CO)c4)nn23)c1. The van der Waals surface area contributed by atoms with E-state index in [2.05, 4.69) is 35.7 Å². The van der Waals surface area contributed by atoms with E-state index in [0.29, 0.717) is 45.4 Å². The van der Waals surface area contributed by atoms with Gasteiger partial charge < -0.3 is 30.7 Å². The number of benzene rings is 2. The monoisotopic (exact) mass is 858 g/mol. The van der Waals surface area contributed by atoms with Gasteiger partial charge in [-0.2, -0.15) is 27.9 Å². The fourth-order valence-electron chi connectivity index (χ4n) is 7.00. The van der Waals surface area contributed by atoms with Gasteiger partial charge in [-0.1, -0.05) is 30.3 Å². The van der Waals surface area contributed by atoms with Crippen LogP contribution in [0.2, 0.25) is 0 Å². The molecule has 0 unspecified atom stereocenters. The van der Waals surface area contributed by atoms with Gasteiger partial charge in [0.15, 0.2) is 22.8 Å². The van der Waals surface area contributed by atoms with Crippen LogP contribution in [0.3, 0.4) is 0 Å². The molecule has 1 atom stereocenters. The van der Waals surface area contributed by atoms with Gasteiger partial charge in [-0.25, -0.2) is 24.5 Å². The second-order valence-electron chi connectivity index (χ2n) is 14.7. The normalized spacial score (nSPS) is 12.1. The summed E-state index contributed by atoms with van der Waals surface area (Å²) in [5, 5.41) is 45.2. The van der Waals surface area contributed by atoms with Crippen LogP contribution in [-0.2, 0) is 6.18 Å². The number of aromatic hydroxyl groups is 1. The lowest BCUT2D eigenvalue weighted by Crippen LogP contribution is -2.21. The number of hydrogen-bond donors (Lipinski definition) is 5. The van der Waals surface area contributed by atoms with E-state index in [4.69, 9.17) is 9.84 Å². The third-order valence-electron chi connectivity index (χ3n) is 9.90. The maximum atomic E-state index is 14.0. The van der Waals surface area contributed by atoms with Crippen molar-refractivity contribution in [3.63, 3.8) is 0 Å². The first kappa shape index (κ1) is 41.9. The van der Waals surface area contributed by atoms with E-state index in [9.17, 15) is 38.1 Å². The molecular weight excluding hydrogens is 822 g/mol. The predicted molar refractivity (Wildman–Crippen MR) is 224 cm³/mol. The summed E-state index contributed by atoms with van der Waals surface area (Å²) in [5.41, 5.74) is 2.80. The molecule has 6 heterocycles. The zero-order chi connectivity index (χ0) is 44.7. The average molecular weight is 859 g/mol. The highest BCUT2D eigenvalue weighted by atomic mass is 19.4. The Morgan fingerprint density at radius 1 is 0.794 bits per heavy atom. The number of halogens is 3. The third-order valence-corrected chi connectivity index (χ3v) is 9.90. The maximum absolute atomic E-state index is 14.0. The van der Waals surface area contributed by atoms with Crippen LogP contribution in [-0.4, -0.2) is 85.6 Å². The molecule has 8 rings (SSSR count). The number of imidazole rings is 2. The van der Waals surface area contributed by atoms with Gasteiger partial charge in [0, 0.05) is 27.9 Å². The van der Waals surface area contributed by atoms with Crippen LogP contribution in [0.5, 0.6) is 11.6 Å². The number of hydrogen-bond acceptors (Lipinski definition) is 12. The minimum atomic E-state index is -4.65. The quantitative estimate of drug-likeness (QED) is 0.0913. The highest BCUT2D eigenvalue weighted by Gasteiger charge is 2.34. The van der Waals surface area contributed by atoms with E-state index in [1.807, 2.05) is 13.0 Å². The minimum absolute atomic E-state index is 0.00489. The number of aryl methyl sites for hydroxylation is 4. The van der Waals surface area contributed by atoms with Crippen LogP contribution >= 0.6 is 0 Å². The lowest BCUT2D eigenvalue weighted by atomic mass is 10.0. The molecule has 0 bridgehead atoms. The Bertz CT molecular complexity index is 3070. The number of carbonyl (C=O) groups is 2. The van der Waals surface area contributed by atoms with Gasteiger partial charge in [-0.05, 0) is 93.4 Å². The largest absolute Gasteiger partial charge is 0.493 e. The highest BCUT2D eigenvalue weighted by molar-refractivity contribution is 6.04. The molecule has 19 heteroatoms. The van der Waals surface area contributed by atoms with Crippen molar-refractivity contribution in [2.75, 3.05) is 23.8 Å². The van der Waals surface area contributed by atoms with E-state index >= 15 is 0 Å². The predicted octanol–water partition coefficient (Wildman–Crippen LogP) is 6.76. The molecule has 0 saturated heterocycles. The van der Waals surface area contributed by atoms with E-state index < -0.39 is 42.1 Å². The molecular formula is C44H37F3N10O6. The fraction of sp³-hybridized carbons (Fsp3) is 0.182. The number of fused-ring (bicyclic) bond motifs is 2. The summed E-state index contributed by atoms with van der Waals surface area (Å²) < 4.78 is 50.1. The van der Waals surface area contributed by atoms with Gasteiger partial charge in [-0.3, -0.25) is 9.59 Å². The molecule has 0 fully saturated rings. The molecule has 63 heavy (non-hydrogen) atoms. The third kappa shape index (κ3) is 8.46. The number of rotatable bonds is 11. The number of aliphatic hydroxyl groups excluding tert-OH is 2. The van der Waals surface area contributed by atoms with Crippen molar-refractivity contribution in [2.24, 2.45) is 0 Å². The van der Waals surface area contributed by atoms with Gasteiger partial charge in [0.1, 0.15) is 30.0 Å². The lowest BCUT2D eigenvalue weighted by Gasteiger charge is -2.14. The number of aromatic nitrogens is 8. The van der Waals surface area contributed by atoms with Crippen LogP contribution in [0.25, 0.3) is 44.9 Å². The Kier molecular flexibility index (Phi) is 11.0. The van der Waals surface area contributed by atoms with Gasteiger partial charge >= 0.3 is 6.18 Å². The molecule has 6 aromatic heterocycles. The summed E-state index contributed by atoms with van der Waals surface area (Å²) in [6.07, 6.45) is -4.44. The molecule has 0 aliphatic heterocycles. The topological polar surface area (TPSA) is 214 Å². The number of nitrogens with one attached hydrogen (secondary N) is 2. The molecule has 5 N–H and O–H groups in total. The number of ether oxygens (including phenoxy) is 1. The minimum Gasteiger partial charge on any atom is -0.493 e. The Labute approximate surface area is 355 Å². The van der Waals surface area contributed by atoms with Crippen molar-refractivity contribution in [1.82, 2.24) is 39.2 Å². The zero-order valence-corrected chi connectivity index (χ0v) is 33.9. The Hall–Kier alpha value is -7.77. The average Bonchev–Trinajstić information content (AvgIpc) is 3.82. The second kappa shape index (κ2) is 16.6. The van der Waals surface area contributed by atoms with Crippen molar-refractivity contribution in [3.8, 4) is 45.3 Å². The Morgan fingerprint density at radius 3 is 2.32 bits per heavy atom. The molecule has 2 amide bonds. The zero-order valence-electron chi connectivity index (χ0n) is 33.9. The summed E-state index contributed by atoms with van der Waals surface area (Å²) in [5.74, 6) is -1.21.